The van der Waals surface area contributed by atoms with E-state index in [1.807, 2.05) is 12.3 Å². The lowest BCUT2D eigenvalue weighted by molar-refractivity contribution is 0.538. The van der Waals surface area contributed by atoms with E-state index in [1.54, 1.807) is 0 Å². The number of halogens is 2. The molecule has 2 heterocycles. The molecule has 1 fully saturated rings. The molecule has 0 atom stereocenters. The Morgan fingerprint density at radius 2 is 1.78 bits per heavy atom. The molecule has 1 saturated heterocycles. The van der Waals surface area contributed by atoms with Crippen molar-refractivity contribution in [3.63, 3.8) is 0 Å². The lowest BCUT2D eigenvalue weighted by Crippen LogP contribution is -2.44. The summed E-state index contributed by atoms with van der Waals surface area (Å²) in [5.74, 6) is 1.98. The summed E-state index contributed by atoms with van der Waals surface area (Å²) in [6.45, 7) is 10.6. The number of piperazine rings is 1. The summed E-state index contributed by atoms with van der Waals surface area (Å²) in [6.07, 6.45) is 1.87. The third-order valence-electron chi connectivity index (χ3n) is 2.75. The molecule has 0 bridgehead atoms. The number of nitrogens with one attached hydrogen (secondary N) is 1. The van der Waals surface area contributed by atoms with Crippen LogP contribution in [0.5, 0.6) is 0 Å². The van der Waals surface area contributed by atoms with Gasteiger partial charge in [-0.05, 0) is 6.07 Å². The predicted molar refractivity (Wildman–Crippen MR) is 80.3 cm³/mol. The van der Waals surface area contributed by atoms with Crippen LogP contribution < -0.4 is 10.2 Å². The molecule has 1 aromatic heterocycles. The van der Waals surface area contributed by atoms with Crippen molar-refractivity contribution in [1.82, 2.24) is 15.3 Å². The average Bonchev–Trinajstić information content (AvgIpc) is 2.29. The second-order valence-corrected chi connectivity index (χ2v) is 5.23. The second-order valence-electron chi connectivity index (χ2n) is 5.23. The van der Waals surface area contributed by atoms with Crippen LogP contribution in [0.2, 0.25) is 0 Å². The molecule has 0 radical (unpaired) electrons. The highest BCUT2D eigenvalue weighted by atomic mass is 35.5. The Morgan fingerprint density at radius 3 is 2.33 bits per heavy atom. The lowest BCUT2D eigenvalue weighted by Gasteiger charge is -2.29. The minimum atomic E-state index is 0. The molecule has 1 aromatic rings. The van der Waals surface area contributed by atoms with Gasteiger partial charge in [0.1, 0.15) is 11.6 Å². The van der Waals surface area contributed by atoms with E-state index in [1.165, 1.54) is 0 Å². The maximum absolute atomic E-state index is 4.65. The van der Waals surface area contributed by atoms with Crippen LogP contribution in [0.15, 0.2) is 12.3 Å². The van der Waals surface area contributed by atoms with E-state index in [4.69, 9.17) is 0 Å². The first-order chi connectivity index (χ1) is 7.57. The van der Waals surface area contributed by atoms with Crippen LogP contribution in [0.1, 0.15) is 26.6 Å². The molecule has 18 heavy (non-hydrogen) atoms. The van der Waals surface area contributed by atoms with Gasteiger partial charge in [-0.15, -0.1) is 24.8 Å². The van der Waals surface area contributed by atoms with Crippen LogP contribution in [0.25, 0.3) is 0 Å². The fourth-order valence-electron chi connectivity index (χ4n) is 1.78. The maximum atomic E-state index is 4.65. The van der Waals surface area contributed by atoms with E-state index < -0.39 is 0 Å². The SMILES string of the molecule is CC(C)(C)c1nccc(N2CCNCC2)n1.Cl.Cl. The van der Waals surface area contributed by atoms with E-state index in [-0.39, 0.29) is 30.2 Å². The minimum absolute atomic E-state index is 0. The molecule has 4 nitrogen and oxygen atoms in total. The smallest absolute Gasteiger partial charge is 0.135 e. The number of nitrogens with zero attached hydrogens (tertiary/aromatic N) is 3. The van der Waals surface area contributed by atoms with Crippen molar-refractivity contribution in [2.45, 2.75) is 26.2 Å². The third-order valence-corrected chi connectivity index (χ3v) is 2.75. The first kappa shape index (κ1) is 17.4. The fourth-order valence-corrected chi connectivity index (χ4v) is 1.78. The molecular weight excluding hydrogens is 271 g/mol. The zero-order valence-electron chi connectivity index (χ0n) is 11.1. The first-order valence-corrected chi connectivity index (χ1v) is 5.86. The quantitative estimate of drug-likeness (QED) is 0.860. The molecule has 1 aliphatic rings. The molecule has 0 aromatic carbocycles. The summed E-state index contributed by atoms with van der Waals surface area (Å²) >= 11 is 0. The molecule has 0 saturated carbocycles. The number of aromatic nitrogens is 2. The summed E-state index contributed by atoms with van der Waals surface area (Å²) in [4.78, 5) is 11.3. The molecule has 0 unspecified atom stereocenters. The van der Waals surface area contributed by atoms with Gasteiger partial charge in [0.15, 0.2) is 0 Å². The van der Waals surface area contributed by atoms with Gasteiger partial charge < -0.3 is 10.2 Å². The van der Waals surface area contributed by atoms with Crippen LogP contribution in [0.4, 0.5) is 5.82 Å². The highest BCUT2D eigenvalue weighted by Crippen LogP contribution is 2.20. The van der Waals surface area contributed by atoms with E-state index in [9.17, 15) is 0 Å². The van der Waals surface area contributed by atoms with Crippen LogP contribution in [0.3, 0.4) is 0 Å². The fraction of sp³-hybridized carbons (Fsp3) is 0.667. The summed E-state index contributed by atoms with van der Waals surface area (Å²) < 4.78 is 0. The summed E-state index contributed by atoms with van der Waals surface area (Å²) in [6, 6.07) is 2.00. The van der Waals surface area contributed by atoms with E-state index in [0.717, 1.165) is 37.8 Å². The normalized spacial score (nSPS) is 15.6. The zero-order chi connectivity index (χ0) is 11.6. The Bertz CT molecular complexity index is 359. The van der Waals surface area contributed by atoms with Gasteiger partial charge in [-0.3, -0.25) is 0 Å². The molecule has 104 valence electrons. The van der Waals surface area contributed by atoms with Crippen LogP contribution in [-0.4, -0.2) is 36.1 Å². The van der Waals surface area contributed by atoms with Gasteiger partial charge >= 0.3 is 0 Å². The molecule has 1 N–H and O–H groups in total. The monoisotopic (exact) mass is 292 g/mol. The number of hydrogen-bond acceptors (Lipinski definition) is 4. The Balaban J connectivity index is 0.00000144. The van der Waals surface area contributed by atoms with Crippen molar-refractivity contribution in [3.8, 4) is 0 Å². The number of anilines is 1. The van der Waals surface area contributed by atoms with Crippen molar-refractivity contribution in [3.05, 3.63) is 18.1 Å². The van der Waals surface area contributed by atoms with E-state index in [0.29, 0.717) is 0 Å². The van der Waals surface area contributed by atoms with Gasteiger partial charge in [0.05, 0.1) is 0 Å². The van der Waals surface area contributed by atoms with Crippen molar-refractivity contribution in [2.24, 2.45) is 0 Å². The molecule has 0 amide bonds. The van der Waals surface area contributed by atoms with Gasteiger partial charge in [0, 0.05) is 37.8 Å². The van der Waals surface area contributed by atoms with Gasteiger partial charge in [-0.1, -0.05) is 20.8 Å². The molecular formula is C12H22Cl2N4. The average molecular weight is 293 g/mol. The summed E-state index contributed by atoms with van der Waals surface area (Å²) in [5, 5.41) is 3.34. The van der Waals surface area contributed by atoms with Crippen molar-refractivity contribution < 1.29 is 0 Å². The van der Waals surface area contributed by atoms with Gasteiger partial charge in [-0.2, -0.15) is 0 Å². The number of hydrogen-bond donors (Lipinski definition) is 1. The topological polar surface area (TPSA) is 41.1 Å². The summed E-state index contributed by atoms with van der Waals surface area (Å²) in [7, 11) is 0. The Labute approximate surface area is 121 Å². The van der Waals surface area contributed by atoms with Gasteiger partial charge in [0.2, 0.25) is 0 Å². The van der Waals surface area contributed by atoms with Crippen LogP contribution in [0, 0.1) is 0 Å². The molecule has 0 spiro atoms. The largest absolute Gasteiger partial charge is 0.354 e. The van der Waals surface area contributed by atoms with Gasteiger partial charge in [0.25, 0.3) is 0 Å². The maximum Gasteiger partial charge on any atom is 0.135 e. The van der Waals surface area contributed by atoms with Gasteiger partial charge in [-0.25, -0.2) is 9.97 Å². The van der Waals surface area contributed by atoms with E-state index >= 15 is 0 Å². The molecule has 1 aliphatic heterocycles. The standard InChI is InChI=1S/C12H20N4.2ClH/c1-12(2,3)11-14-5-4-10(15-11)16-8-6-13-7-9-16;;/h4-5,13H,6-9H2,1-3H3;2*1H. The summed E-state index contributed by atoms with van der Waals surface area (Å²) in [5.41, 5.74) is 0.0179. The Kier molecular flexibility index (Phi) is 6.89. The highest BCUT2D eigenvalue weighted by molar-refractivity contribution is 5.85. The molecule has 2 rings (SSSR count). The molecule has 0 aliphatic carbocycles. The minimum Gasteiger partial charge on any atom is -0.354 e. The van der Waals surface area contributed by atoms with Crippen LogP contribution >= 0.6 is 24.8 Å². The predicted octanol–water partition coefficient (Wildman–Crippen LogP) is 2.03. The second kappa shape index (κ2) is 7.12. The number of rotatable bonds is 1. The Morgan fingerprint density at radius 1 is 1.17 bits per heavy atom. The highest BCUT2D eigenvalue weighted by Gasteiger charge is 2.19. The lowest BCUT2D eigenvalue weighted by atomic mass is 9.96. The first-order valence-electron chi connectivity index (χ1n) is 5.86. The Hall–Kier alpha value is -0.580. The molecule has 6 heteroatoms. The van der Waals surface area contributed by atoms with Crippen LogP contribution in [-0.2, 0) is 5.41 Å². The zero-order valence-corrected chi connectivity index (χ0v) is 12.8. The van der Waals surface area contributed by atoms with Crippen molar-refractivity contribution >= 4 is 30.6 Å². The van der Waals surface area contributed by atoms with Crippen molar-refractivity contribution in [2.75, 3.05) is 31.1 Å². The van der Waals surface area contributed by atoms with Crippen molar-refractivity contribution in [1.29, 1.82) is 0 Å². The van der Waals surface area contributed by atoms with E-state index in [2.05, 4.69) is 41.0 Å². The third kappa shape index (κ3) is 4.26.